The molecule has 0 amide bonds. The smallest absolute Gasteiger partial charge is 0.178 e. The van der Waals surface area contributed by atoms with Crippen LogP contribution in [0.25, 0.3) is 12.2 Å². The zero-order valence-electron chi connectivity index (χ0n) is 11.1. The molecule has 0 radical (unpaired) electrons. The molecule has 1 N–H and O–H groups in total. The Kier molecular flexibility index (Phi) is 5.04. The van der Waals surface area contributed by atoms with Crippen LogP contribution in [0.2, 0.25) is 0 Å². The van der Waals surface area contributed by atoms with E-state index in [0.29, 0.717) is 0 Å². The van der Waals surface area contributed by atoms with Crippen LogP contribution >= 0.6 is 0 Å². The minimum absolute atomic E-state index is 0.0305. The molecule has 0 aliphatic rings. The van der Waals surface area contributed by atoms with Crippen molar-refractivity contribution in [1.82, 2.24) is 0 Å². The zero-order chi connectivity index (χ0) is 14.2. The number of carbonyl (C=O) groups excluding carboxylic acids is 1. The van der Waals surface area contributed by atoms with Gasteiger partial charge in [0.1, 0.15) is 0 Å². The lowest BCUT2D eigenvalue weighted by Gasteiger charge is -1.96. The van der Waals surface area contributed by atoms with Gasteiger partial charge in [-0.2, -0.15) is 0 Å². The standard InChI is InChI=1S/C18H16O2/c19-14-17-8-6-16(7-9-17)11-13-18(20)12-10-15-4-2-1-3-5-15/h1-13,19H,14H2. The summed E-state index contributed by atoms with van der Waals surface area (Å²) in [6.07, 6.45) is 6.64. The summed E-state index contributed by atoms with van der Waals surface area (Å²) < 4.78 is 0. The molecule has 0 saturated heterocycles. The quantitative estimate of drug-likeness (QED) is 0.839. The van der Waals surface area contributed by atoms with Gasteiger partial charge in [0.25, 0.3) is 0 Å². The Balaban J connectivity index is 1.96. The van der Waals surface area contributed by atoms with E-state index in [0.717, 1.165) is 16.7 Å². The fourth-order valence-electron chi connectivity index (χ4n) is 1.71. The predicted octanol–water partition coefficient (Wildman–Crippen LogP) is 3.47. The molecule has 0 bridgehead atoms. The van der Waals surface area contributed by atoms with Gasteiger partial charge in [0, 0.05) is 0 Å². The van der Waals surface area contributed by atoms with Crippen molar-refractivity contribution in [3.8, 4) is 0 Å². The number of carbonyl (C=O) groups is 1. The molecule has 2 aromatic rings. The lowest BCUT2D eigenvalue weighted by Crippen LogP contribution is -1.85. The largest absolute Gasteiger partial charge is 0.392 e. The summed E-state index contributed by atoms with van der Waals surface area (Å²) >= 11 is 0. The number of allylic oxidation sites excluding steroid dienone is 2. The van der Waals surface area contributed by atoms with E-state index >= 15 is 0 Å². The van der Waals surface area contributed by atoms with Crippen LogP contribution in [0, 0.1) is 0 Å². The monoisotopic (exact) mass is 264 g/mol. The highest BCUT2D eigenvalue weighted by Gasteiger charge is 1.92. The van der Waals surface area contributed by atoms with Gasteiger partial charge in [-0.05, 0) is 28.8 Å². The average molecular weight is 264 g/mol. The number of benzene rings is 2. The van der Waals surface area contributed by atoms with Crippen molar-refractivity contribution in [2.24, 2.45) is 0 Å². The van der Waals surface area contributed by atoms with Crippen LogP contribution in [0.5, 0.6) is 0 Å². The van der Waals surface area contributed by atoms with Gasteiger partial charge in [-0.25, -0.2) is 0 Å². The third-order valence-corrected chi connectivity index (χ3v) is 2.84. The maximum atomic E-state index is 11.7. The molecular formula is C18H16O2. The number of aliphatic hydroxyl groups is 1. The van der Waals surface area contributed by atoms with Gasteiger partial charge < -0.3 is 5.11 Å². The van der Waals surface area contributed by atoms with Crippen LogP contribution in [0.3, 0.4) is 0 Å². The summed E-state index contributed by atoms with van der Waals surface area (Å²) in [5.41, 5.74) is 2.79. The Morgan fingerprint density at radius 3 is 1.95 bits per heavy atom. The molecule has 2 aromatic carbocycles. The molecule has 0 saturated carbocycles. The summed E-state index contributed by atoms with van der Waals surface area (Å²) in [5, 5.41) is 8.94. The first-order valence-electron chi connectivity index (χ1n) is 6.43. The highest BCUT2D eigenvalue weighted by Crippen LogP contribution is 2.07. The van der Waals surface area contributed by atoms with Gasteiger partial charge in [-0.1, -0.05) is 66.7 Å². The SMILES string of the molecule is O=C(C=Cc1ccccc1)C=Cc1ccc(CO)cc1. The number of hydrogen-bond acceptors (Lipinski definition) is 2. The number of rotatable bonds is 5. The Bertz CT molecular complexity index is 608. The summed E-state index contributed by atoms with van der Waals surface area (Å²) in [5.74, 6) is -0.0555. The Hall–Kier alpha value is -2.45. The minimum atomic E-state index is -0.0555. The molecule has 0 unspecified atom stereocenters. The van der Waals surface area contributed by atoms with E-state index < -0.39 is 0 Å². The van der Waals surface area contributed by atoms with Gasteiger partial charge in [0.15, 0.2) is 5.78 Å². The predicted molar refractivity (Wildman–Crippen MR) is 81.9 cm³/mol. The molecule has 0 heterocycles. The zero-order valence-corrected chi connectivity index (χ0v) is 11.1. The van der Waals surface area contributed by atoms with E-state index in [1.54, 1.807) is 18.2 Å². The first-order chi connectivity index (χ1) is 9.78. The van der Waals surface area contributed by atoms with E-state index in [1.165, 1.54) is 6.08 Å². The molecule has 20 heavy (non-hydrogen) atoms. The molecule has 2 heteroatoms. The van der Waals surface area contributed by atoms with Crippen molar-refractivity contribution >= 4 is 17.9 Å². The molecule has 100 valence electrons. The third kappa shape index (κ3) is 4.34. The lowest BCUT2D eigenvalue weighted by molar-refractivity contribution is -0.110. The molecule has 0 aliphatic heterocycles. The van der Waals surface area contributed by atoms with Crippen LogP contribution in [0.1, 0.15) is 16.7 Å². The second-order valence-corrected chi connectivity index (χ2v) is 4.38. The van der Waals surface area contributed by atoms with Gasteiger partial charge in [0.05, 0.1) is 6.61 Å². The first kappa shape index (κ1) is 14.0. The summed E-state index contributed by atoms with van der Waals surface area (Å²) in [6.45, 7) is 0.0305. The fraction of sp³-hybridized carbons (Fsp3) is 0.0556. The van der Waals surface area contributed by atoms with E-state index in [1.807, 2.05) is 54.6 Å². The lowest BCUT2D eigenvalue weighted by atomic mass is 10.1. The van der Waals surface area contributed by atoms with Crippen LogP contribution in [-0.4, -0.2) is 10.9 Å². The molecule has 2 rings (SSSR count). The fourth-order valence-corrected chi connectivity index (χ4v) is 1.71. The Morgan fingerprint density at radius 1 is 0.850 bits per heavy atom. The van der Waals surface area contributed by atoms with Crippen LogP contribution < -0.4 is 0 Å². The van der Waals surface area contributed by atoms with Crippen molar-refractivity contribution in [3.63, 3.8) is 0 Å². The van der Waals surface area contributed by atoms with E-state index in [4.69, 9.17) is 5.11 Å². The third-order valence-electron chi connectivity index (χ3n) is 2.84. The highest BCUT2D eigenvalue weighted by molar-refractivity contribution is 6.04. The van der Waals surface area contributed by atoms with E-state index in [9.17, 15) is 4.79 Å². The number of aliphatic hydroxyl groups excluding tert-OH is 1. The van der Waals surface area contributed by atoms with E-state index in [2.05, 4.69) is 0 Å². The number of ketones is 1. The van der Waals surface area contributed by atoms with E-state index in [-0.39, 0.29) is 12.4 Å². The highest BCUT2D eigenvalue weighted by atomic mass is 16.3. The molecule has 2 nitrogen and oxygen atoms in total. The van der Waals surface area contributed by atoms with Crippen molar-refractivity contribution in [3.05, 3.63) is 83.4 Å². The number of hydrogen-bond donors (Lipinski definition) is 1. The van der Waals surface area contributed by atoms with Gasteiger partial charge in [-0.15, -0.1) is 0 Å². The minimum Gasteiger partial charge on any atom is -0.392 e. The molecule has 0 fully saturated rings. The van der Waals surface area contributed by atoms with Crippen LogP contribution in [-0.2, 0) is 11.4 Å². The second-order valence-electron chi connectivity index (χ2n) is 4.38. The normalized spacial score (nSPS) is 11.2. The van der Waals surface area contributed by atoms with Gasteiger partial charge >= 0.3 is 0 Å². The molecule has 0 spiro atoms. The molecule has 0 aromatic heterocycles. The van der Waals surface area contributed by atoms with Crippen molar-refractivity contribution in [2.45, 2.75) is 6.61 Å². The molecule has 0 aliphatic carbocycles. The summed E-state index contributed by atoms with van der Waals surface area (Å²) in [4.78, 5) is 11.7. The maximum absolute atomic E-state index is 11.7. The molecule has 0 atom stereocenters. The topological polar surface area (TPSA) is 37.3 Å². The van der Waals surface area contributed by atoms with Crippen molar-refractivity contribution < 1.29 is 9.90 Å². The molecular weight excluding hydrogens is 248 g/mol. The average Bonchev–Trinajstić information content (AvgIpc) is 2.52. The van der Waals surface area contributed by atoms with Crippen molar-refractivity contribution in [2.75, 3.05) is 0 Å². The maximum Gasteiger partial charge on any atom is 0.178 e. The van der Waals surface area contributed by atoms with Gasteiger partial charge in [0.2, 0.25) is 0 Å². The Labute approximate surface area is 118 Å². The van der Waals surface area contributed by atoms with Crippen molar-refractivity contribution in [1.29, 1.82) is 0 Å². The Morgan fingerprint density at radius 2 is 1.40 bits per heavy atom. The summed E-state index contributed by atoms with van der Waals surface area (Å²) in [6, 6.07) is 17.1. The van der Waals surface area contributed by atoms with Crippen LogP contribution in [0.4, 0.5) is 0 Å². The van der Waals surface area contributed by atoms with Crippen LogP contribution in [0.15, 0.2) is 66.7 Å². The summed E-state index contributed by atoms with van der Waals surface area (Å²) in [7, 11) is 0. The first-order valence-corrected chi connectivity index (χ1v) is 6.43. The second kappa shape index (κ2) is 7.22. The van der Waals surface area contributed by atoms with Gasteiger partial charge in [-0.3, -0.25) is 4.79 Å².